The van der Waals surface area contributed by atoms with Crippen LogP contribution in [0.3, 0.4) is 0 Å². The lowest BCUT2D eigenvalue weighted by Gasteiger charge is -2.34. The van der Waals surface area contributed by atoms with Crippen LogP contribution < -0.4 is 5.73 Å². The van der Waals surface area contributed by atoms with Crippen molar-refractivity contribution in [1.82, 2.24) is 9.80 Å². The summed E-state index contributed by atoms with van der Waals surface area (Å²) in [4.78, 5) is 21.1. The van der Waals surface area contributed by atoms with Crippen molar-refractivity contribution in [2.24, 2.45) is 10.7 Å². The quantitative estimate of drug-likeness (QED) is 0.878. The normalized spacial score (nSPS) is 18.0. The molecule has 0 saturated carbocycles. The molecule has 0 aromatic heterocycles. The van der Waals surface area contributed by atoms with Gasteiger partial charge in [-0.1, -0.05) is 13.0 Å². The van der Waals surface area contributed by atoms with Crippen molar-refractivity contribution in [3.8, 4) is 0 Å². The highest BCUT2D eigenvalue weighted by Gasteiger charge is 2.22. The van der Waals surface area contributed by atoms with Gasteiger partial charge in [-0.3, -0.25) is 4.79 Å². The van der Waals surface area contributed by atoms with Gasteiger partial charge < -0.3 is 15.5 Å². The Morgan fingerprint density at radius 1 is 1.29 bits per heavy atom. The Morgan fingerprint density at radius 3 is 2.67 bits per heavy atom. The van der Waals surface area contributed by atoms with Gasteiger partial charge in [0.05, 0.1) is 5.69 Å². The van der Waals surface area contributed by atoms with Crippen LogP contribution >= 0.6 is 17.0 Å². The Kier molecular flexibility index (Phi) is 5.00. The van der Waals surface area contributed by atoms with Crippen molar-refractivity contribution in [1.29, 1.82) is 0 Å². The third-order valence-electron chi connectivity index (χ3n) is 4.07. The van der Waals surface area contributed by atoms with Crippen molar-refractivity contribution < 1.29 is 4.79 Å². The smallest absolute Gasteiger partial charge is 0.254 e. The third-order valence-corrected chi connectivity index (χ3v) is 4.07. The highest BCUT2D eigenvalue weighted by atomic mass is 79.9. The number of likely N-dealkylation sites (N-methyl/N-ethyl adjacent to an activating group) is 1. The van der Waals surface area contributed by atoms with E-state index in [1.54, 1.807) is 0 Å². The van der Waals surface area contributed by atoms with E-state index in [0.717, 1.165) is 44.0 Å². The number of nitrogens with two attached hydrogens (primary N) is 1. The number of amides is 1. The molecule has 0 radical (unpaired) electrons. The molecule has 1 saturated heterocycles. The zero-order valence-electron chi connectivity index (χ0n) is 12.2. The SMILES string of the molecule is Br.CCN1CCN(C(=O)c2ccc3c(c2)N=C(N)C3)CC1. The molecule has 1 aromatic carbocycles. The predicted molar refractivity (Wildman–Crippen MR) is 89.8 cm³/mol. The second kappa shape index (κ2) is 6.58. The zero-order chi connectivity index (χ0) is 14.1. The molecule has 3 rings (SSSR count). The topological polar surface area (TPSA) is 61.9 Å². The highest BCUT2D eigenvalue weighted by molar-refractivity contribution is 8.93. The number of rotatable bonds is 2. The molecule has 21 heavy (non-hydrogen) atoms. The molecule has 0 unspecified atom stereocenters. The van der Waals surface area contributed by atoms with Gasteiger partial charge in [-0.15, -0.1) is 17.0 Å². The van der Waals surface area contributed by atoms with E-state index in [9.17, 15) is 4.79 Å². The number of hydrogen-bond donors (Lipinski definition) is 1. The van der Waals surface area contributed by atoms with E-state index in [2.05, 4.69) is 16.8 Å². The summed E-state index contributed by atoms with van der Waals surface area (Å²) in [5.74, 6) is 0.727. The fraction of sp³-hybridized carbons (Fsp3) is 0.467. The molecule has 0 atom stereocenters. The van der Waals surface area contributed by atoms with Crippen molar-refractivity contribution in [3.05, 3.63) is 29.3 Å². The van der Waals surface area contributed by atoms with Gasteiger partial charge in [-0.2, -0.15) is 0 Å². The van der Waals surface area contributed by atoms with Gasteiger partial charge in [0.25, 0.3) is 5.91 Å². The van der Waals surface area contributed by atoms with Crippen LogP contribution in [0.5, 0.6) is 0 Å². The van der Waals surface area contributed by atoms with Gasteiger partial charge in [0.15, 0.2) is 0 Å². The average Bonchev–Trinajstić information content (AvgIpc) is 2.85. The highest BCUT2D eigenvalue weighted by Crippen LogP contribution is 2.27. The van der Waals surface area contributed by atoms with Gasteiger partial charge in [-0.05, 0) is 24.2 Å². The van der Waals surface area contributed by atoms with E-state index in [1.807, 2.05) is 23.1 Å². The standard InChI is InChI=1S/C15H20N4O.BrH/c1-2-18-5-7-19(8-6-18)15(20)12-4-3-11-10-14(16)17-13(11)9-12;/h3-4,9H,2,5-8,10H2,1H3,(H2,16,17);1H. The molecular formula is C15H21BrN4O. The summed E-state index contributed by atoms with van der Waals surface area (Å²) < 4.78 is 0. The van der Waals surface area contributed by atoms with Gasteiger partial charge in [0.1, 0.15) is 5.84 Å². The minimum Gasteiger partial charge on any atom is -0.387 e. The molecule has 2 heterocycles. The fourth-order valence-corrected chi connectivity index (χ4v) is 2.79. The minimum atomic E-state index is 0. The summed E-state index contributed by atoms with van der Waals surface area (Å²) in [6.07, 6.45) is 0.693. The number of amidine groups is 1. The molecule has 6 heteroatoms. The fourth-order valence-electron chi connectivity index (χ4n) is 2.79. The molecule has 0 bridgehead atoms. The Balaban J connectivity index is 0.00000161. The number of fused-ring (bicyclic) bond motifs is 1. The summed E-state index contributed by atoms with van der Waals surface area (Å²) >= 11 is 0. The average molecular weight is 353 g/mol. The third kappa shape index (κ3) is 3.27. The summed E-state index contributed by atoms with van der Waals surface area (Å²) in [5.41, 5.74) is 8.40. The summed E-state index contributed by atoms with van der Waals surface area (Å²) in [6, 6.07) is 5.72. The lowest BCUT2D eigenvalue weighted by atomic mass is 10.1. The second-order valence-electron chi connectivity index (χ2n) is 5.35. The Hall–Kier alpha value is -1.40. The van der Waals surface area contributed by atoms with E-state index in [1.165, 1.54) is 0 Å². The monoisotopic (exact) mass is 352 g/mol. The number of carbonyl (C=O) groups is 1. The minimum absolute atomic E-state index is 0. The molecule has 2 N–H and O–H groups in total. The Labute approximate surface area is 135 Å². The van der Waals surface area contributed by atoms with Crippen molar-refractivity contribution in [3.63, 3.8) is 0 Å². The zero-order valence-corrected chi connectivity index (χ0v) is 13.9. The van der Waals surface area contributed by atoms with Crippen LogP contribution in [0.2, 0.25) is 0 Å². The van der Waals surface area contributed by atoms with Crippen LogP contribution in [-0.4, -0.2) is 54.3 Å². The number of benzene rings is 1. The second-order valence-corrected chi connectivity index (χ2v) is 5.35. The van der Waals surface area contributed by atoms with Gasteiger partial charge in [0.2, 0.25) is 0 Å². The maximum absolute atomic E-state index is 12.5. The largest absolute Gasteiger partial charge is 0.387 e. The van der Waals surface area contributed by atoms with E-state index >= 15 is 0 Å². The molecular weight excluding hydrogens is 332 g/mol. The van der Waals surface area contributed by atoms with Crippen molar-refractivity contribution >= 4 is 34.4 Å². The van der Waals surface area contributed by atoms with Gasteiger partial charge in [0, 0.05) is 38.2 Å². The van der Waals surface area contributed by atoms with Crippen LogP contribution in [0.1, 0.15) is 22.8 Å². The van der Waals surface area contributed by atoms with Crippen LogP contribution in [0.25, 0.3) is 0 Å². The number of hydrogen-bond acceptors (Lipinski definition) is 4. The van der Waals surface area contributed by atoms with Gasteiger partial charge >= 0.3 is 0 Å². The molecule has 5 nitrogen and oxygen atoms in total. The lowest BCUT2D eigenvalue weighted by molar-refractivity contribution is 0.0643. The summed E-state index contributed by atoms with van der Waals surface area (Å²) in [5, 5.41) is 0. The molecule has 114 valence electrons. The van der Waals surface area contributed by atoms with E-state index in [0.29, 0.717) is 17.8 Å². The number of piperazine rings is 1. The molecule has 0 spiro atoms. The van der Waals surface area contributed by atoms with Crippen LogP contribution in [0, 0.1) is 0 Å². The van der Waals surface area contributed by atoms with Crippen molar-refractivity contribution in [2.45, 2.75) is 13.3 Å². The molecule has 1 aromatic rings. The summed E-state index contributed by atoms with van der Waals surface area (Å²) in [6.45, 7) is 6.72. The molecule has 1 amide bonds. The van der Waals surface area contributed by atoms with E-state index in [-0.39, 0.29) is 22.9 Å². The van der Waals surface area contributed by atoms with Gasteiger partial charge in [-0.25, -0.2) is 4.99 Å². The maximum Gasteiger partial charge on any atom is 0.254 e. The van der Waals surface area contributed by atoms with Crippen LogP contribution in [0.4, 0.5) is 5.69 Å². The molecule has 2 aliphatic rings. The first-order chi connectivity index (χ1) is 9.67. The van der Waals surface area contributed by atoms with Crippen LogP contribution in [0.15, 0.2) is 23.2 Å². The first-order valence-electron chi connectivity index (χ1n) is 7.15. The van der Waals surface area contributed by atoms with E-state index < -0.39 is 0 Å². The lowest BCUT2D eigenvalue weighted by Crippen LogP contribution is -2.48. The Bertz CT molecular complexity index is 565. The molecule has 1 fully saturated rings. The predicted octanol–water partition coefficient (Wildman–Crippen LogP) is 1.59. The van der Waals surface area contributed by atoms with Crippen molar-refractivity contribution in [2.75, 3.05) is 32.7 Å². The molecule has 2 aliphatic heterocycles. The number of carbonyl (C=O) groups excluding carboxylic acids is 1. The maximum atomic E-state index is 12.5. The van der Waals surface area contributed by atoms with E-state index in [4.69, 9.17) is 5.73 Å². The number of halogens is 1. The first kappa shape index (κ1) is 16.0. The number of aliphatic imine (C=N–C) groups is 1. The Morgan fingerprint density at radius 2 is 2.00 bits per heavy atom. The molecule has 0 aliphatic carbocycles. The first-order valence-corrected chi connectivity index (χ1v) is 7.15. The van der Waals surface area contributed by atoms with Crippen LogP contribution in [-0.2, 0) is 6.42 Å². The summed E-state index contributed by atoms with van der Waals surface area (Å²) in [7, 11) is 0. The number of nitrogens with zero attached hydrogens (tertiary/aromatic N) is 3.